The van der Waals surface area contributed by atoms with Gasteiger partial charge in [0.2, 0.25) is 11.8 Å². The molecule has 2 amide bonds. The lowest BCUT2D eigenvalue weighted by molar-refractivity contribution is -0.142. The van der Waals surface area contributed by atoms with E-state index in [0.717, 1.165) is 38.8 Å². The number of rotatable bonds is 3. The molecule has 1 aromatic rings. The van der Waals surface area contributed by atoms with Gasteiger partial charge in [0.15, 0.2) is 0 Å². The van der Waals surface area contributed by atoms with Crippen LogP contribution < -0.4 is 4.90 Å². The molecule has 2 aliphatic heterocycles. The number of carbonyl (C=O) groups excluding carboxylic acids is 2. The molecule has 0 radical (unpaired) electrons. The zero-order valence-corrected chi connectivity index (χ0v) is 14.4. The summed E-state index contributed by atoms with van der Waals surface area (Å²) in [7, 11) is 0. The van der Waals surface area contributed by atoms with E-state index >= 15 is 0 Å². The molecule has 2 heterocycles. The molecule has 5 nitrogen and oxygen atoms in total. The maximum Gasteiger partial charge on any atom is 0.234 e. The van der Waals surface area contributed by atoms with E-state index in [0.29, 0.717) is 25.4 Å². The number of hydrogen-bond donors (Lipinski definition) is 0. The Morgan fingerprint density at radius 1 is 0.920 bits per heavy atom. The number of amides is 2. The second kappa shape index (κ2) is 6.75. The number of fused-ring (bicyclic) bond motifs is 1. The standard InChI is InChI=1S/C19H24FN3O2/c20-16-7-3-4-8-17(16)22-11-9-21(10-12-22)13-23-18(24)14-5-1-2-6-15(14)19(23)25/h3-4,7-8,14-15H,1-2,5-6,9-13H2/t14-,15-/m1/s1. The van der Waals surface area contributed by atoms with Gasteiger partial charge in [0.05, 0.1) is 24.2 Å². The summed E-state index contributed by atoms with van der Waals surface area (Å²) >= 11 is 0. The molecule has 6 heteroatoms. The smallest absolute Gasteiger partial charge is 0.234 e. The molecular formula is C19H24FN3O2. The quantitative estimate of drug-likeness (QED) is 0.787. The number of hydrogen-bond acceptors (Lipinski definition) is 4. The predicted molar refractivity (Wildman–Crippen MR) is 92.4 cm³/mol. The van der Waals surface area contributed by atoms with E-state index in [9.17, 15) is 14.0 Å². The Morgan fingerprint density at radius 2 is 1.52 bits per heavy atom. The second-order valence-corrected chi connectivity index (χ2v) is 7.30. The fraction of sp³-hybridized carbons (Fsp3) is 0.579. The molecule has 25 heavy (non-hydrogen) atoms. The maximum absolute atomic E-state index is 13.9. The van der Waals surface area contributed by atoms with Crippen LogP contribution in [0.2, 0.25) is 0 Å². The normalized spacial score (nSPS) is 27.7. The lowest BCUT2D eigenvalue weighted by atomic mass is 9.81. The monoisotopic (exact) mass is 345 g/mol. The number of carbonyl (C=O) groups is 2. The summed E-state index contributed by atoms with van der Waals surface area (Å²) in [4.78, 5) is 30.8. The lowest BCUT2D eigenvalue weighted by Crippen LogP contribution is -2.51. The number of likely N-dealkylation sites (tertiary alicyclic amines) is 1. The summed E-state index contributed by atoms with van der Waals surface area (Å²) in [5.41, 5.74) is 0.626. The van der Waals surface area contributed by atoms with Gasteiger partial charge in [0.25, 0.3) is 0 Å². The van der Waals surface area contributed by atoms with Gasteiger partial charge in [-0.1, -0.05) is 25.0 Å². The van der Waals surface area contributed by atoms with Crippen LogP contribution in [0, 0.1) is 17.7 Å². The van der Waals surface area contributed by atoms with Crippen molar-refractivity contribution in [1.82, 2.24) is 9.80 Å². The summed E-state index contributed by atoms with van der Waals surface area (Å²) in [6.45, 7) is 3.23. The zero-order valence-electron chi connectivity index (χ0n) is 14.4. The largest absolute Gasteiger partial charge is 0.367 e. The van der Waals surface area contributed by atoms with Crippen molar-refractivity contribution in [2.24, 2.45) is 11.8 Å². The molecule has 4 rings (SSSR count). The molecule has 1 aromatic carbocycles. The van der Waals surface area contributed by atoms with Crippen molar-refractivity contribution in [3.05, 3.63) is 30.1 Å². The van der Waals surface area contributed by atoms with Gasteiger partial charge in [-0.25, -0.2) is 4.39 Å². The van der Waals surface area contributed by atoms with Crippen molar-refractivity contribution in [2.45, 2.75) is 25.7 Å². The van der Waals surface area contributed by atoms with Gasteiger partial charge >= 0.3 is 0 Å². The molecule has 2 saturated heterocycles. The van der Waals surface area contributed by atoms with Crippen LogP contribution in [-0.2, 0) is 9.59 Å². The average molecular weight is 345 g/mol. The van der Waals surface area contributed by atoms with Crippen molar-refractivity contribution in [3.63, 3.8) is 0 Å². The van der Waals surface area contributed by atoms with Gasteiger partial charge in [-0.3, -0.25) is 19.4 Å². The van der Waals surface area contributed by atoms with Crippen molar-refractivity contribution in [1.29, 1.82) is 0 Å². The van der Waals surface area contributed by atoms with Crippen LogP contribution in [0.4, 0.5) is 10.1 Å². The first-order valence-corrected chi connectivity index (χ1v) is 9.22. The number of benzene rings is 1. The molecule has 1 saturated carbocycles. The summed E-state index contributed by atoms with van der Waals surface area (Å²) in [5.74, 6) is -0.329. The summed E-state index contributed by atoms with van der Waals surface area (Å²) in [6.07, 6.45) is 3.81. The Morgan fingerprint density at radius 3 is 2.12 bits per heavy atom. The SMILES string of the molecule is O=C1[C@@H]2CCCC[C@H]2C(=O)N1CN1CCN(c2ccccc2F)CC1. The number of nitrogens with zero attached hydrogens (tertiary/aromatic N) is 3. The van der Waals surface area contributed by atoms with Crippen LogP contribution in [-0.4, -0.2) is 54.5 Å². The first kappa shape index (κ1) is 16.5. The third-order valence-corrected chi connectivity index (χ3v) is 5.84. The molecule has 0 spiro atoms. The lowest BCUT2D eigenvalue weighted by Gasteiger charge is -2.37. The molecule has 2 atom stereocenters. The highest BCUT2D eigenvalue weighted by Crippen LogP contribution is 2.38. The minimum Gasteiger partial charge on any atom is -0.367 e. The minimum atomic E-state index is -0.204. The minimum absolute atomic E-state index is 0.0197. The molecule has 0 unspecified atom stereocenters. The van der Waals surface area contributed by atoms with Gasteiger partial charge in [0.1, 0.15) is 5.82 Å². The highest BCUT2D eigenvalue weighted by Gasteiger charge is 2.48. The predicted octanol–water partition coefficient (Wildman–Crippen LogP) is 2.08. The average Bonchev–Trinajstić information content (AvgIpc) is 2.88. The fourth-order valence-electron chi connectivity index (χ4n) is 4.41. The van der Waals surface area contributed by atoms with Crippen molar-refractivity contribution < 1.29 is 14.0 Å². The Balaban J connectivity index is 1.37. The number of anilines is 1. The third kappa shape index (κ3) is 3.03. The Bertz CT molecular complexity index is 648. The molecule has 0 N–H and O–H groups in total. The Kier molecular flexibility index (Phi) is 4.46. The molecule has 3 aliphatic rings. The summed E-state index contributed by atoms with van der Waals surface area (Å²) in [6, 6.07) is 6.81. The maximum atomic E-state index is 13.9. The second-order valence-electron chi connectivity index (χ2n) is 7.30. The van der Waals surface area contributed by atoms with Gasteiger partial charge in [-0.2, -0.15) is 0 Å². The van der Waals surface area contributed by atoms with Crippen molar-refractivity contribution in [2.75, 3.05) is 37.7 Å². The van der Waals surface area contributed by atoms with Gasteiger partial charge in [0, 0.05) is 26.2 Å². The van der Waals surface area contributed by atoms with E-state index in [1.165, 1.54) is 11.0 Å². The Hall–Kier alpha value is -1.95. The fourth-order valence-corrected chi connectivity index (χ4v) is 4.41. The number of piperazine rings is 1. The zero-order chi connectivity index (χ0) is 17.4. The molecule has 0 bridgehead atoms. The molecule has 1 aliphatic carbocycles. The topological polar surface area (TPSA) is 43.9 Å². The van der Waals surface area contributed by atoms with E-state index < -0.39 is 0 Å². The van der Waals surface area contributed by atoms with Crippen LogP contribution in [0.25, 0.3) is 0 Å². The van der Waals surface area contributed by atoms with E-state index in [-0.39, 0.29) is 29.5 Å². The van der Waals surface area contributed by atoms with E-state index in [1.54, 1.807) is 12.1 Å². The number of para-hydroxylation sites is 1. The van der Waals surface area contributed by atoms with Crippen LogP contribution in [0.3, 0.4) is 0 Å². The first-order valence-electron chi connectivity index (χ1n) is 9.22. The van der Waals surface area contributed by atoms with Crippen molar-refractivity contribution in [3.8, 4) is 0 Å². The van der Waals surface area contributed by atoms with Gasteiger partial charge in [-0.05, 0) is 25.0 Å². The van der Waals surface area contributed by atoms with Gasteiger partial charge < -0.3 is 4.90 Å². The number of halogens is 1. The van der Waals surface area contributed by atoms with E-state index in [2.05, 4.69) is 4.90 Å². The van der Waals surface area contributed by atoms with Crippen LogP contribution in [0.5, 0.6) is 0 Å². The van der Waals surface area contributed by atoms with Crippen LogP contribution in [0.1, 0.15) is 25.7 Å². The molecular weight excluding hydrogens is 321 g/mol. The van der Waals surface area contributed by atoms with Crippen LogP contribution in [0.15, 0.2) is 24.3 Å². The third-order valence-electron chi connectivity index (χ3n) is 5.84. The summed E-state index contributed by atoms with van der Waals surface area (Å²) < 4.78 is 13.9. The van der Waals surface area contributed by atoms with Crippen molar-refractivity contribution >= 4 is 17.5 Å². The molecule has 134 valence electrons. The van der Waals surface area contributed by atoms with E-state index in [4.69, 9.17) is 0 Å². The van der Waals surface area contributed by atoms with Gasteiger partial charge in [-0.15, -0.1) is 0 Å². The highest BCUT2D eigenvalue weighted by molar-refractivity contribution is 6.05. The first-order chi connectivity index (χ1) is 12.1. The summed E-state index contributed by atoms with van der Waals surface area (Å²) in [5, 5.41) is 0. The number of imide groups is 1. The Labute approximate surface area is 147 Å². The molecule has 0 aromatic heterocycles. The van der Waals surface area contributed by atoms with E-state index in [1.807, 2.05) is 11.0 Å². The molecule has 3 fully saturated rings. The van der Waals surface area contributed by atoms with Crippen LogP contribution >= 0.6 is 0 Å². The highest BCUT2D eigenvalue weighted by atomic mass is 19.1.